The maximum atomic E-state index is 15.2. The van der Waals surface area contributed by atoms with Crippen molar-refractivity contribution in [3.8, 4) is 21.3 Å². The summed E-state index contributed by atoms with van der Waals surface area (Å²) >= 11 is 0.443. The minimum absolute atomic E-state index is 0.0586. The van der Waals surface area contributed by atoms with Gasteiger partial charge in [0.15, 0.2) is 16.5 Å². The molecule has 1 aromatic carbocycles. The van der Waals surface area contributed by atoms with Crippen LogP contribution in [-0.4, -0.2) is 57.5 Å². The first-order valence-corrected chi connectivity index (χ1v) is 13.1. The van der Waals surface area contributed by atoms with Crippen molar-refractivity contribution in [1.82, 2.24) is 19.8 Å². The van der Waals surface area contributed by atoms with Crippen molar-refractivity contribution in [2.24, 2.45) is 0 Å². The third-order valence-electron chi connectivity index (χ3n) is 5.07. The van der Waals surface area contributed by atoms with Gasteiger partial charge in [0.1, 0.15) is 10.9 Å². The highest BCUT2D eigenvalue weighted by atomic mass is 32.2. The van der Waals surface area contributed by atoms with E-state index >= 15 is 4.39 Å². The number of sulfonamides is 1. The zero-order chi connectivity index (χ0) is 29.5. The third kappa shape index (κ3) is 6.74. The topological polar surface area (TPSA) is 156 Å². The first-order chi connectivity index (χ1) is 17.9. The van der Waals surface area contributed by atoms with Gasteiger partial charge in [0.25, 0.3) is 6.43 Å². The first-order valence-electron chi connectivity index (χ1n) is 10.8. The number of hydrogen-bond acceptors (Lipinski definition) is 9. The van der Waals surface area contributed by atoms with Crippen molar-refractivity contribution in [3.05, 3.63) is 35.1 Å². The number of benzene rings is 1. The second-order valence-corrected chi connectivity index (χ2v) is 11.4. The van der Waals surface area contributed by atoms with E-state index in [2.05, 4.69) is 15.1 Å². The molecule has 18 heteroatoms. The summed E-state index contributed by atoms with van der Waals surface area (Å²) in [4.78, 5) is 17.6. The Kier molecular flexibility index (Phi) is 8.45. The Bertz CT molecular complexity index is 1480. The molecular formula is C21H20F6N4O6S2. The van der Waals surface area contributed by atoms with Crippen LogP contribution < -0.4 is 4.72 Å². The molecule has 2 heterocycles. The summed E-state index contributed by atoms with van der Waals surface area (Å²) in [6.07, 6.45) is -9.61. The van der Waals surface area contributed by atoms with E-state index in [-0.39, 0.29) is 23.1 Å². The Hall–Kier alpha value is -3.09. The molecule has 3 rings (SSSR count). The quantitative estimate of drug-likeness (QED) is 0.283. The van der Waals surface area contributed by atoms with Crippen molar-refractivity contribution in [2.75, 3.05) is 0 Å². The van der Waals surface area contributed by atoms with Crippen LogP contribution in [0.3, 0.4) is 0 Å². The van der Waals surface area contributed by atoms with Gasteiger partial charge in [-0.15, -0.1) is 11.3 Å². The van der Waals surface area contributed by atoms with E-state index in [0.29, 0.717) is 23.5 Å². The van der Waals surface area contributed by atoms with Crippen molar-refractivity contribution in [2.45, 2.75) is 62.8 Å². The van der Waals surface area contributed by atoms with Crippen LogP contribution in [0.2, 0.25) is 0 Å². The number of aliphatic hydroxyl groups is 1. The van der Waals surface area contributed by atoms with Gasteiger partial charge < -0.3 is 14.7 Å². The number of carbonyl (C=O) groups is 1. The van der Waals surface area contributed by atoms with Gasteiger partial charge in [-0.1, -0.05) is 18.1 Å². The summed E-state index contributed by atoms with van der Waals surface area (Å²) in [6.45, 7) is 3.91. The minimum atomic E-state index is -5.28. The van der Waals surface area contributed by atoms with E-state index in [1.807, 2.05) is 0 Å². The standard InChI is InChI=1S/C21H20F6N4O6S2/c1-4-10(21(25,26)27)31-39(35,36)9-6-5-8(12(13(9)22)16(23)24)15-14(19(32)33)29-18(38-15)17-28-11(37-30-17)7-20(2,3)34/h5-6,10,16,31,34H,4,7H2,1-3H3,(H,32,33). The molecule has 0 bridgehead atoms. The molecule has 0 radical (unpaired) electrons. The van der Waals surface area contributed by atoms with E-state index in [1.165, 1.54) is 18.6 Å². The molecule has 0 amide bonds. The lowest BCUT2D eigenvalue weighted by molar-refractivity contribution is -0.151. The molecule has 1 unspecified atom stereocenters. The van der Waals surface area contributed by atoms with Crippen LogP contribution in [0, 0.1) is 5.82 Å². The van der Waals surface area contributed by atoms with Crippen LogP contribution in [0.5, 0.6) is 0 Å². The van der Waals surface area contributed by atoms with Crippen LogP contribution in [0.25, 0.3) is 21.3 Å². The number of halogens is 6. The maximum Gasteiger partial charge on any atom is 0.404 e. The SMILES string of the molecule is CCC(NS(=O)(=O)c1ccc(-c2sc(-c3noc(CC(C)(C)O)n3)nc2C(=O)O)c(C(F)F)c1F)C(F)(F)F. The summed E-state index contributed by atoms with van der Waals surface area (Å²) in [6, 6.07) is -1.52. The van der Waals surface area contributed by atoms with Gasteiger partial charge in [0, 0.05) is 5.56 Å². The number of carboxylic acid groups (broad SMARTS) is 1. The van der Waals surface area contributed by atoms with Crippen LogP contribution in [-0.2, 0) is 16.4 Å². The zero-order valence-electron chi connectivity index (χ0n) is 20.2. The molecule has 10 nitrogen and oxygen atoms in total. The van der Waals surface area contributed by atoms with Gasteiger partial charge in [0.2, 0.25) is 21.7 Å². The third-order valence-corrected chi connectivity index (χ3v) is 7.64. The largest absolute Gasteiger partial charge is 0.476 e. The van der Waals surface area contributed by atoms with Gasteiger partial charge in [-0.3, -0.25) is 0 Å². The highest BCUT2D eigenvalue weighted by Crippen LogP contribution is 2.42. The summed E-state index contributed by atoms with van der Waals surface area (Å²) in [5.74, 6) is -4.11. The normalized spacial score (nSPS) is 13.7. The second-order valence-electron chi connectivity index (χ2n) is 8.77. The van der Waals surface area contributed by atoms with Gasteiger partial charge in [-0.2, -0.15) is 22.9 Å². The fourth-order valence-corrected chi connectivity index (χ4v) is 5.77. The van der Waals surface area contributed by atoms with Gasteiger partial charge >= 0.3 is 12.1 Å². The predicted molar refractivity (Wildman–Crippen MR) is 123 cm³/mol. The van der Waals surface area contributed by atoms with Crippen molar-refractivity contribution < 1.29 is 54.3 Å². The van der Waals surface area contributed by atoms with Crippen molar-refractivity contribution in [1.29, 1.82) is 0 Å². The molecule has 0 aliphatic rings. The molecule has 0 saturated heterocycles. The molecule has 0 spiro atoms. The number of thiazole rings is 1. The molecule has 39 heavy (non-hydrogen) atoms. The van der Waals surface area contributed by atoms with Gasteiger partial charge in [0.05, 0.1) is 22.5 Å². The lowest BCUT2D eigenvalue weighted by Crippen LogP contribution is -2.45. The molecule has 0 fully saturated rings. The Labute approximate surface area is 220 Å². The van der Waals surface area contributed by atoms with Crippen LogP contribution in [0.1, 0.15) is 55.6 Å². The highest BCUT2D eigenvalue weighted by Gasteiger charge is 2.42. The fourth-order valence-electron chi connectivity index (χ4n) is 3.35. The number of aromatic carboxylic acids is 1. The number of nitrogens with one attached hydrogen (secondary N) is 1. The second kappa shape index (κ2) is 10.8. The van der Waals surface area contributed by atoms with Gasteiger partial charge in [-0.25, -0.2) is 31.4 Å². The van der Waals surface area contributed by atoms with Crippen molar-refractivity contribution >= 4 is 27.3 Å². The molecule has 1 atom stereocenters. The van der Waals surface area contributed by atoms with Gasteiger partial charge in [-0.05, 0) is 26.3 Å². The number of carboxylic acids is 1. The Morgan fingerprint density at radius 3 is 2.36 bits per heavy atom. The molecule has 3 N–H and O–H groups in total. The van der Waals surface area contributed by atoms with E-state index in [0.717, 1.165) is 6.92 Å². The molecule has 3 aromatic rings. The molecular weight excluding hydrogens is 582 g/mol. The molecule has 0 saturated carbocycles. The van der Waals surface area contributed by atoms with Crippen molar-refractivity contribution in [3.63, 3.8) is 0 Å². The van der Waals surface area contributed by atoms with E-state index in [1.54, 1.807) is 0 Å². The maximum absolute atomic E-state index is 15.2. The van der Waals surface area contributed by atoms with E-state index < -0.39 is 79.1 Å². The van der Waals surface area contributed by atoms with Crippen LogP contribution in [0.15, 0.2) is 21.6 Å². The lowest BCUT2D eigenvalue weighted by atomic mass is 10.0. The number of aromatic nitrogens is 3. The molecule has 0 aliphatic carbocycles. The monoisotopic (exact) mass is 602 g/mol. The fraction of sp³-hybridized carbons (Fsp3) is 0.429. The summed E-state index contributed by atoms with van der Waals surface area (Å²) < 4.78 is 114. The number of hydrogen-bond donors (Lipinski definition) is 3. The summed E-state index contributed by atoms with van der Waals surface area (Å²) in [5.41, 5.74) is -4.40. The smallest absolute Gasteiger partial charge is 0.404 e. The molecule has 2 aromatic heterocycles. The molecule has 0 aliphatic heterocycles. The van der Waals surface area contributed by atoms with Crippen LogP contribution in [0.4, 0.5) is 26.3 Å². The molecule has 214 valence electrons. The van der Waals surface area contributed by atoms with E-state index in [4.69, 9.17) is 4.52 Å². The first kappa shape index (κ1) is 30.5. The lowest BCUT2D eigenvalue weighted by Gasteiger charge is -2.21. The average Bonchev–Trinajstić information content (AvgIpc) is 3.42. The minimum Gasteiger partial charge on any atom is -0.476 e. The summed E-state index contributed by atoms with van der Waals surface area (Å²) in [7, 11) is -5.28. The van der Waals surface area contributed by atoms with Crippen LogP contribution >= 0.6 is 11.3 Å². The number of nitrogens with zero attached hydrogens (tertiary/aromatic N) is 3. The Morgan fingerprint density at radius 2 is 1.85 bits per heavy atom. The van der Waals surface area contributed by atoms with E-state index in [9.17, 15) is 45.4 Å². The number of alkyl halides is 5. The number of rotatable bonds is 10. The predicted octanol–water partition coefficient (Wildman–Crippen LogP) is 4.57. The zero-order valence-corrected chi connectivity index (χ0v) is 21.8. The summed E-state index contributed by atoms with van der Waals surface area (Å²) in [5, 5.41) is 22.8. The Balaban J connectivity index is 2.14. The Morgan fingerprint density at radius 1 is 1.21 bits per heavy atom. The average molecular weight is 603 g/mol. The highest BCUT2D eigenvalue weighted by molar-refractivity contribution is 7.89.